The lowest BCUT2D eigenvalue weighted by atomic mass is 9.98. The van der Waals surface area contributed by atoms with E-state index in [9.17, 15) is 13.2 Å². The zero-order chi connectivity index (χ0) is 22.8. The molecule has 1 atom stereocenters. The van der Waals surface area contributed by atoms with E-state index in [0.717, 1.165) is 5.01 Å². The van der Waals surface area contributed by atoms with Crippen LogP contribution in [0.5, 0.6) is 5.75 Å². The van der Waals surface area contributed by atoms with E-state index in [-0.39, 0.29) is 11.9 Å². The average Bonchev–Trinajstić information content (AvgIpc) is 3.60. The van der Waals surface area contributed by atoms with Crippen LogP contribution in [0, 0.1) is 0 Å². The van der Waals surface area contributed by atoms with Gasteiger partial charge in [-0.1, -0.05) is 18.2 Å². The molecule has 0 saturated carbocycles. The van der Waals surface area contributed by atoms with Gasteiger partial charge in [0.1, 0.15) is 17.8 Å². The maximum absolute atomic E-state index is 12.7. The Morgan fingerprint density at radius 3 is 2.58 bits per heavy atom. The SMILES string of the molecule is FC(F)(F)c1noc(N2CCC(c3nc(C(Oc4ccccc4)n4cnnn4)cs3)CC2)n1. The summed E-state index contributed by atoms with van der Waals surface area (Å²) in [6.45, 7) is 0.964. The predicted octanol–water partition coefficient (Wildman–Crippen LogP) is 3.54. The number of nitrogens with zero attached hydrogens (tertiary/aromatic N) is 8. The molecule has 1 saturated heterocycles. The number of alkyl halides is 3. The summed E-state index contributed by atoms with van der Waals surface area (Å²) >= 11 is 1.51. The van der Waals surface area contributed by atoms with Crippen molar-refractivity contribution in [3.8, 4) is 5.75 Å². The van der Waals surface area contributed by atoms with Gasteiger partial charge in [-0.3, -0.25) is 0 Å². The second kappa shape index (κ2) is 8.77. The Balaban J connectivity index is 1.28. The normalized spacial score (nSPS) is 16.2. The number of hydrogen-bond donors (Lipinski definition) is 0. The molecule has 1 unspecified atom stereocenters. The van der Waals surface area contributed by atoms with Gasteiger partial charge in [0, 0.05) is 24.4 Å². The minimum atomic E-state index is -4.63. The highest BCUT2D eigenvalue weighted by Crippen LogP contribution is 2.35. The molecule has 172 valence electrons. The van der Waals surface area contributed by atoms with Crippen molar-refractivity contribution < 1.29 is 22.4 Å². The summed E-state index contributed by atoms with van der Waals surface area (Å²) in [4.78, 5) is 9.91. The topological polar surface area (TPSA) is 108 Å². The van der Waals surface area contributed by atoms with Crippen molar-refractivity contribution in [1.82, 2.24) is 35.3 Å². The van der Waals surface area contributed by atoms with Gasteiger partial charge in [0.15, 0.2) is 0 Å². The highest BCUT2D eigenvalue weighted by molar-refractivity contribution is 7.09. The van der Waals surface area contributed by atoms with Gasteiger partial charge in [-0.25, -0.2) is 4.98 Å². The largest absolute Gasteiger partial charge is 0.463 e. The fourth-order valence-corrected chi connectivity index (χ4v) is 4.53. The lowest BCUT2D eigenvalue weighted by Crippen LogP contribution is -2.33. The molecule has 1 aliphatic heterocycles. The van der Waals surface area contributed by atoms with E-state index in [1.54, 1.807) is 4.90 Å². The number of aromatic nitrogens is 7. The third-order valence-electron chi connectivity index (χ3n) is 5.17. The standard InChI is InChI=1S/C19H17F3N8O2S/c20-19(21,22)17-25-18(32-26-17)29-8-6-12(7-9-29)15-24-14(10-33-15)16(30-11-23-27-28-30)31-13-4-2-1-3-5-13/h1-5,10-12,16H,6-9H2. The fraction of sp³-hybridized carbons (Fsp3) is 0.368. The number of benzene rings is 1. The molecular formula is C19H17F3N8O2S. The van der Waals surface area contributed by atoms with Crippen molar-refractivity contribution in [3.63, 3.8) is 0 Å². The number of hydrogen-bond acceptors (Lipinski definition) is 10. The fourth-order valence-electron chi connectivity index (χ4n) is 3.53. The van der Waals surface area contributed by atoms with Crippen molar-refractivity contribution in [2.45, 2.75) is 31.2 Å². The maximum atomic E-state index is 12.7. The van der Waals surface area contributed by atoms with Crippen LogP contribution in [0.25, 0.3) is 0 Å². The molecule has 4 heterocycles. The molecule has 0 bridgehead atoms. The van der Waals surface area contributed by atoms with Crippen molar-refractivity contribution in [2.75, 3.05) is 18.0 Å². The first-order valence-corrected chi connectivity index (χ1v) is 10.9. The molecule has 1 aliphatic rings. The predicted molar refractivity (Wildman–Crippen MR) is 109 cm³/mol. The Labute approximate surface area is 189 Å². The average molecular weight is 478 g/mol. The molecule has 0 N–H and O–H groups in total. The Morgan fingerprint density at radius 1 is 1.12 bits per heavy atom. The summed E-state index contributed by atoms with van der Waals surface area (Å²) in [5.41, 5.74) is 0.667. The lowest BCUT2D eigenvalue weighted by molar-refractivity contribution is -0.146. The van der Waals surface area contributed by atoms with Gasteiger partial charge >= 0.3 is 12.2 Å². The molecule has 33 heavy (non-hydrogen) atoms. The van der Waals surface area contributed by atoms with Gasteiger partial charge in [0.05, 0.1) is 5.01 Å². The number of para-hydroxylation sites is 1. The van der Waals surface area contributed by atoms with Gasteiger partial charge in [-0.15, -0.1) is 16.4 Å². The molecule has 14 heteroatoms. The molecule has 0 radical (unpaired) electrons. The van der Waals surface area contributed by atoms with Crippen LogP contribution in [-0.4, -0.2) is 48.4 Å². The minimum Gasteiger partial charge on any atom is -0.463 e. The Hall–Kier alpha value is -3.55. The van der Waals surface area contributed by atoms with Crippen LogP contribution in [0.2, 0.25) is 0 Å². The molecule has 3 aromatic heterocycles. The smallest absolute Gasteiger partial charge is 0.455 e. The van der Waals surface area contributed by atoms with Crippen LogP contribution in [-0.2, 0) is 6.18 Å². The quantitative estimate of drug-likeness (QED) is 0.411. The Bertz CT molecular complexity index is 1170. The maximum Gasteiger partial charge on any atom is 0.455 e. The Morgan fingerprint density at radius 2 is 1.91 bits per heavy atom. The lowest BCUT2D eigenvalue weighted by Gasteiger charge is -2.29. The summed E-state index contributed by atoms with van der Waals surface area (Å²) < 4.78 is 50.5. The second-order valence-electron chi connectivity index (χ2n) is 7.34. The number of halogens is 3. The van der Waals surface area contributed by atoms with E-state index in [2.05, 4.69) is 25.7 Å². The highest BCUT2D eigenvalue weighted by atomic mass is 32.1. The van der Waals surface area contributed by atoms with Crippen molar-refractivity contribution in [3.05, 3.63) is 58.6 Å². The first kappa shape index (κ1) is 21.3. The van der Waals surface area contributed by atoms with E-state index in [1.807, 2.05) is 35.7 Å². The molecule has 5 rings (SSSR count). The molecule has 1 aromatic carbocycles. The zero-order valence-corrected chi connectivity index (χ0v) is 17.8. The van der Waals surface area contributed by atoms with Crippen molar-refractivity contribution in [2.24, 2.45) is 0 Å². The van der Waals surface area contributed by atoms with E-state index in [4.69, 9.17) is 14.2 Å². The monoisotopic (exact) mass is 478 g/mol. The number of anilines is 1. The van der Waals surface area contributed by atoms with E-state index in [0.29, 0.717) is 37.4 Å². The van der Waals surface area contributed by atoms with Crippen molar-refractivity contribution >= 4 is 17.4 Å². The molecule has 0 aliphatic carbocycles. The van der Waals surface area contributed by atoms with Crippen LogP contribution in [0.4, 0.5) is 19.2 Å². The third kappa shape index (κ3) is 4.65. The molecule has 0 spiro atoms. The van der Waals surface area contributed by atoms with Crippen LogP contribution < -0.4 is 9.64 Å². The van der Waals surface area contributed by atoms with E-state index < -0.39 is 18.2 Å². The van der Waals surface area contributed by atoms with E-state index in [1.165, 1.54) is 22.3 Å². The molecular weight excluding hydrogens is 461 g/mol. The molecule has 10 nitrogen and oxygen atoms in total. The van der Waals surface area contributed by atoms with Gasteiger partial charge in [-0.05, 0) is 40.6 Å². The van der Waals surface area contributed by atoms with Gasteiger partial charge in [-0.2, -0.15) is 22.8 Å². The molecule has 4 aromatic rings. The number of rotatable bonds is 6. The summed E-state index contributed by atoms with van der Waals surface area (Å²) in [7, 11) is 0. The highest BCUT2D eigenvalue weighted by Gasteiger charge is 2.38. The summed E-state index contributed by atoms with van der Waals surface area (Å²) in [6.07, 6.45) is -2.43. The van der Waals surface area contributed by atoms with Crippen LogP contribution in [0.15, 0.2) is 46.6 Å². The second-order valence-corrected chi connectivity index (χ2v) is 8.23. The number of ether oxygens (including phenoxy) is 1. The molecule has 0 amide bonds. The number of tetrazole rings is 1. The van der Waals surface area contributed by atoms with Gasteiger partial charge < -0.3 is 14.2 Å². The van der Waals surface area contributed by atoms with Gasteiger partial charge in [0.25, 0.3) is 5.82 Å². The minimum absolute atomic E-state index is 0.115. The first-order valence-electron chi connectivity index (χ1n) is 10.0. The van der Waals surface area contributed by atoms with Crippen molar-refractivity contribution in [1.29, 1.82) is 0 Å². The third-order valence-corrected chi connectivity index (χ3v) is 6.20. The van der Waals surface area contributed by atoms with Crippen LogP contribution in [0.3, 0.4) is 0 Å². The molecule has 1 fully saturated rings. The Kier molecular flexibility index (Phi) is 5.66. The zero-order valence-electron chi connectivity index (χ0n) is 17.0. The number of thiazole rings is 1. The van der Waals surface area contributed by atoms with Gasteiger partial charge in [0.2, 0.25) is 6.23 Å². The summed E-state index contributed by atoms with van der Waals surface area (Å²) in [6, 6.07) is 9.19. The summed E-state index contributed by atoms with van der Waals surface area (Å²) in [5.74, 6) is -0.467. The van der Waals surface area contributed by atoms with E-state index >= 15 is 0 Å². The van der Waals surface area contributed by atoms with Crippen LogP contribution >= 0.6 is 11.3 Å². The number of piperidine rings is 1. The summed E-state index contributed by atoms with van der Waals surface area (Å²) in [5, 5.41) is 17.2. The van der Waals surface area contributed by atoms with Crippen LogP contribution in [0.1, 0.15) is 41.5 Å². The first-order chi connectivity index (χ1) is 16.0.